The first-order valence-corrected chi connectivity index (χ1v) is 8.48. The van der Waals surface area contributed by atoms with Crippen molar-refractivity contribution in [1.29, 1.82) is 0 Å². The van der Waals surface area contributed by atoms with E-state index in [4.69, 9.17) is 4.42 Å². The number of carbonyl (C=O) groups excluding carboxylic acids is 1. The maximum Gasteiger partial charge on any atom is 1.00 e. The van der Waals surface area contributed by atoms with Crippen LogP contribution in [0.15, 0.2) is 51.0 Å². The van der Waals surface area contributed by atoms with E-state index in [0.717, 1.165) is 17.8 Å². The fourth-order valence-electron chi connectivity index (χ4n) is 1.88. The molecular weight excluding hydrogens is 355 g/mol. The Morgan fingerprint density at radius 1 is 1.16 bits per heavy atom. The van der Waals surface area contributed by atoms with Crippen molar-refractivity contribution in [3.8, 4) is 0 Å². The standard InChI is InChI=1S/C16H18N2O5S.Na/c1-16(2,3)12-6-4-11(5-7-12)15(19)18-17-10-13-8-9-14(23-13)24(20,21)22;/h4-10H,1-3H3,(H,18,19)(H,20,21,22);/q;+1/p-1/b17-10+;. The molecule has 1 N–H and O–H groups in total. The Balaban J connectivity index is 0.00000312. The van der Waals surface area contributed by atoms with E-state index in [9.17, 15) is 17.8 Å². The number of hydrogen-bond acceptors (Lipinski definition) is 6. The number of hydrazone groups is 1. The van der Waals surface area contributed by atoms with E-state index in [0.29, 0.717) is 5.56 Å². The Labute approximate surface area is 168 Å². The number of rotatable bonds is 4. The second kappa shape index (κ2) is 8.29. The molecule has 0 aliphatic carbocycles. The van der Waals surface area contributed by atoms with Crippen molar-refractivity contribution >= 4 is 22.2 Å². The molecule has 1 aromatic carbocycles. The first-order valence-electron chi connectivity index (χ1n) is 7.07. The molecule has 0 atom stereocenters. The van der Waals surface area contributed by atoms with Crippen LogP contribution < -0.4 is 35.0 Å². The van der Waals surface area contributed by atoms with Crippen molar-refractivity contribution in [2.75, 3.05) is 0 Å². The normalized spacial score (nSPS) is 12.0. The molecule has 7 nitrogen and oxygen atoms in total. The molecule has 0 saturated heterocycles. The number of nitrogens with zero attached hydrogens (tertiary/aromatic N) is 1. The third-order valence-electron chi connectivity index (χ3n) is 3.22. The van der Waals surface area contributed by atoms with Crippen LogP contribution in [-0.2, 0) is 15.5 Å². The van der Waals surface area contributed by atoms with Gasteiger partial charge in [-0.3, -0.25) is 4.79 Å². The topological polar surface area (TPSA) is 112 Å². The van der Waals surface area contributed by atoms with Crippen LogP contribution in [-0.4, -0.2) is 25.1 Å². The molecule has 0 bridgehead atoms. The SMILES string of the molecule is CC(C)(C)c1ccc(C(=O)N/N=C/c2ccc(S(=O)(=O)[O-])o2)cc1.[Na+]. The summed E-state index contributed by atoms with van der Waals surface area (Å²) in [6, 6.07) is 9.42. The molecule has 1 heterocycles. The zero-order chi connectivity index (χ0) is 18.0. The van der Waals surface area contributed by atoms with Gasteiger partial charge in [-0.15, -0.1) is 0 Å². The molecule has 0 radical (unpaired) electrons. The summed E-state index contributed by atoms with van der Waals surface area (Å²) in [6.45, 7) is 6.23. The van der Waals surface area contributed by atoms with Crippen LogP contribution >= 0.6 is 0 Å². The van der Waals surface area contributed by atoms with E-state index < -0.39 is 21.1 Å². The van der Waals surface area contributed by atoms with Crippen molar-refractivity contribution in [3.05, 3.63) is 53.3 Å². The molecule has 25 heavy (non-hydrogen) atoms. The van der Waals surface area contributed by atoms with Crippen LogP contribution in [0.1, 0.15) is 42.5 Å². The van der Waals surface area contributed by atoms with Gasteiger partial charge in [-0.25, -0.2) is 13.8 Å². The van der Waals surface area contributed by atoms with Crippen molar-refractivity contribution in [1.82, 2.24) is 5.43 Å². The zero-order valence-electron chi connectivity index (χ0n) is 14.4. The van der Waals surface area contributed by atoms with Crippen molar-refractivity contribution in [3.63, 3.8) is 0 Å². The van der Waals surface area contributed by atoms with Crippen LogP contribution in [0.2, 0.25) is 0 Å². The summed E-state index contributed by atoms with van der Waals surface area (Å²) in [5.74, 6) is -0.386. The summed E-state index contributed by atoms with van der Waals surface area (Å²) in [6.07, 6.45) is 1.11. The fourth-order valence-corrected chi connectivity index (χ4v) is 2.31. The summed E-state index contributed by atoms with van der Waals surface area (Å²) >= 11 is 0. The molecule has 2 rings (SSSR count). The van der Waals surface area contributed by atoms with Gasteiger partial charge in [0.2, 0.25) is 5.09 Å². The Bertz CT molecular complexity index is 865. The van der Waals surface area contributed by atoms with Crippen LogP contribution in [0, 0.1) is 0 Å². The Morgan fingerprint density at radius 3 is 2.24 bits per heavy atom. The third kappa shape index (κ3) is 6.09. The Hall–Kier alpha value is -1.45. The summed E-state index contributed by atoms with van der Waals surface area (Å²) < 4.78 is 37.0. The third-order valence-corrected chi connectivity index (χ3v) is 3.93. The maximum atomic E-state index is 12.0. The monoisotopic (exact) mass is 372 g/mol. The summed E-state index contributed by atoms with van der Waals surface area (Å²) in [7, 11) is -4.65. The summed E-state index contributed by atoms with van der Waals surface area (Å²) in [4.78, 5) is 12.0. The Morgan fingerprint density at radius 2 is 1.76 bits per heavy atom. The number of nitrogens with one attached hydrogen (secondary N) is 1. The molecule has 1 amide bonds. The van der Waals surface area contributed by atoms with E-state index in [1.54, 1.807) is 12.1 Å². The predicted octanol–water partition coefficient (Wildman–Crippen LogP) is -0.751. The van der Waals surface area contributed by atoms with Gasteiger partial charge in [0.1, 0.15) is 5.76 Å². The van der Waals surface area contributed by atoms with E-state index in [2.05, 4.69) is 31.3 Å². The largest absolute Gasteiger partial charge is 1.00 e. The molecule has 0 aliphatic rings. The van der Waals surface area contributed by atoms with Gasteiger partial charge in [0, 0.05) is 5.56 Å². The van der Waals surface area contributed by atoms with Crippen LogP contribution in [0.25, 0.3) is 0 Å². The minimum absolute atomic E-state index is 0. The first-order chi connectivity index (χ1) is 11.1. The average molecular weight is 372 g/mol. The van der Waals surface area contributed by atoms with E-state index >= 15 is 0 Å². The van der Waals surface area contributed by atoms with Gasteiger partial charge in [-0.05, 0) is 35.2 Å². The minimum Gasteiger partial charge on any atom is -0.742 e. The molecule has 0 aliphatic heterocycles. The van der Waals surface area contributed by atoms with E-state index in [-0.39, 0.29) is 40.7 Å². The number of benzene rings is 1. The van der Waals surface area contributed by atoms with Crippen molar-refractivity contribution in [2.24, 2.45) is 5.10 Å². The van der Waals surface area contributed by atoms with Gasteiger partial charge in [0.25, 0.3) is 5.91 Å². The van der Waals surface area contributed by atoms with Crippen molar-refractivity contribution in [2.45, 2.75) is 31.3 Å². The number of furan rings is 1. The molecular formula is C16H17N2NaO5S. The molecule has 9 heteroatoms. The van der Waals surface area contributed by atoms with Crippen LogP contribution in [0.5, 0.6) is 0 Å². The van der Waals surface area contributed by atoms with Crippen molar-refractivity contribution < 1.29 is 51.7 Å². The quantitative estimate of drug-likeness (QED) is 0.328. The number of amides is 1. The number of hydrogen-bond donors (Lipinski definition) is 1. The average Bonchev–Trinajstić information content (AvgIpc) is 2.95. The molecule has 1 aromatic heterocycles. The fraction of sp³-hybridized carbons (Fsp3) is 0.250. The van der Waals surface area contributed by atoms with Gasteiger partial charge in [0.05, 0.1) is 6.21 Å². The van der Waals surface area contributed by atoms with Crippen LogP contribution in [0.3, 0.4) is 0 Å². The second-order valence-electron chi connectivity index (χ2n) is 6.14. The van der Waals surface area contributed by atoms with E-state index in [1.165, 1.54) is 6.07 Å². The zero-order valence-corrected chi connectivity index (χ0v) is 17.3. The van der Waals surface area contributed by atoms with Crippen LogP contribution in [0.4, 0.5) is 0 Å². The van der Waals surface area contributed by atoms with E-state index in [1.807, 2.05) is 12.1 Å². The van der Waals surface area contributed by atoms with Gasteiger partial charge in [0.15, 0.2) is 10.1 Å². The molecule has 2 aromatic rings. The second-order valence-corrected chi connectivity index (χ2v) is 7.45. The maximum absolute atomic E-state index is 12.0. The molecule has 0 unspecified atom stereocenters. The van der Waals surface area contributed by atoms with Gasteiger partial charge in [-0.2, -0.15) is 5.10 Å². The van der Waals surface area contributed by atoms with Gasteiger partial charge in [-0.1, -0.05) is 32.9 Å². The summed E-state index contributed by atoms with van der Waals surface area (Å²) in [5.41, 5.74) is 3.82. The predicted molar refractivity (Wildman–Crippen MR) is 86.9 cm³/mol. The minimum atomic E-state index is -4.65. The summed E-state index contributed by atoms with van der Waals surface area (Å²) in [5, 5.41) is 2.97. The first kappa shape index (κ1) is 21.6. The number of carbonyl (C=O) groups is 1. The van der Waals surface area contributed by atoms with Gasteiger partial charge >= 0.3 is 29.6 Å². The van der Waals surface area contributed by atoms with Gasteiger partial charge < -0.3 is 8.97 Å². The molecule has 0 spiro atoms. The molecule has 128 valence electrons. The smallest absolute Gasteiger partial charge is 0.742 e. The molecule has 0 saturated carbocycles. The molecule has 0 fully saturated rings. The Kier molecular flexibility index (Phi) is 7.16.